The van der Waals surface area contributed by atoms with Crippen LogP contribution in [0, 0.1) is 0 Å². The lowest BCUT2D eigenvalue weighted by molar-refractivity contribution is -0.0550. The molecule has 112 valence electrons. The smallest absolute Gasteiger partial charge is 0.0858 e. The van der Waals surface area contributed by atoms with Gasteiger partial charge in [-0.15, -0.1) is 0 Å². The SMILES string of the molecule is CCNC(Cc1cccnc1)C1CN(C(C)C)CCO1. The van der Waals surface area contributed by atoms with E-state index in [1.807, 2.05) is 18.5 Å². The summed E-state index contributed by atoms with van der Waals surface area (Å²) in [6.45, 7) is 10.5. The highest BCUT2D eigenvalue weighted by atomic mass is 16.5. The Morgan fingerprint density at radius 1 is 1.50 bits per heavy atom. The number of rotatable bonds is 6. The number of nitrogens with zero attached hydrogens (tertiary/aromatic N) is 2. The average molecular weight is 277 g/mol. The maximum Gasteiger partial charge on any atom is 0.0858 e. The zero-order valence-electron chi connectivity index (χ0n) is 12.9. The van der Waals surface area contributed by atoms with E-state index in [1.54, 1.807) is 0 Å². The first-order valence-electron chi connectivity index (χ1n) is 7.68. The Labute approximate surface area is 122 Å². The van der Waals surface area contributed by atoms with E-state index in [-0.39, 0.29) is 6.10 Å². The highest BCUT2D eigenvalue weighted by Gasteiger charge is 2.28. The van der Waals surface area contributed by atoms with Crippen LogP contribution in [-0.4, -0.2) is 54.3 Å². The van der Waals surface area contributed by atoms with Crippen LogP contribution >= 0.6 is 0 Å². The van der Waals surface area contributed by atoms with Gasteiger partial charge >= 0.3 is 0 Å². The van der Waals surface area contributed by atoms with Gasteiger partial charge in [-0.3, -0.25) is 9.88 Å². The molecule has 1 fully saturated rings. The van der Waals surface area contributed by atoms with E-state index >= 15 is 0 Å². The zero-order valence-corrected chi connectivity index (χ0v) is 12.9. The van der Waals surface area contributed by atoms with Gasteiger partial charge in [0, 0.05) is 37.6 Å². The second-order valence-electron chi connectivity index (χ2n) is 5.73. The maximum absolute atomic E-state index is 6.02. The van der Waals surface area contributed by atoms with E-state index in [4.69, 9.17) is 4.74 Å². The van der Waals surface area contributed by atoms with E-state index in [0.29, 0.717) is 12.1 Å². The van der Waals surface area contributed by atoms with Crippen molar-refractivity contribution in [3.8, 4) is 0 Å². The van der Waals surface area contributed by atoms with Gasteiger partial charge in [-0.2, -0.15) is 0 Å². The summed E-state index contributed by atoms with van der Waals surface area (Å²) in [5, 5.41) is 3.58. The Kier molecular flexibility index (Phi) is 5.95. The molecule has 1 aromatic heterocycles. The Morgan fingerprint density at radius 3 is 3.00 bits per heavy atom. The van der Waals surface area contributed by atoms with Gasteiger partial charge in [0.05, 0.1) is 12.7 Å². The summed E-state index contributed by atoms with van der Waals surface area (Å²) in [6.07, 6.45) is 5.00. The molecule has 2 heterocycles. The second kappa shape index (κ2) is 7.72. The summed E-state index contributed by atoms with van der Waals surface area (Å²) < 4.78 is 6.02. The molecule has 20 heavy (non-hydrogen) atoms. The van der Waals surface area contributed by atoms with Gasteiger partial charge in [-0.1, -0.05) is 13.0 Å². The summed E-state index contributed by atoms with van der Waals surface area (Å²) in [6, 6.07) is 5.08. The molecule has 0 aromatic carbocycles. The Bertz CT molecular complexity index is 383. The minimum atomic E-state index is 0.256. The van der Waals surface area contributed by atoms with Gasteiger partial charge in [0.15, 0.2) is 0 Å². The monoisotopic (exact) mass is 277 g/mol. The lowest BCUT2D eigenvalue weighted by Crippen LogP contribution is -2.54. The third-order valence-electron chi connectivity index (χ3n) is 3.95. The third-order valence-corrected chi connectivity index (χ3v) is 3.95. The molecule has 0 spiro atoms. The van der Waals surface area contributed by atoms with Gasteiger partial charge < -0.3 is 10.1 Å². The first-order valence-corrected chi connectivity index (χ1v) is 7.68. The van der Waals surface area contributed by atoms with Crippen LogP contribution in [-0.2, 0) is 11.2 Å². The highest BCUT2D eigenvalue weighted by molar-refractivity contribution is 5.11. The van der Waals surface area contributed by atoms with Crippen molar-refractivity contribution in [3.63, 3.8) is 0 Å². The summed E-state index contributed by atoms with van der Waals surface area (Å²) in [5.74, 6) is 0. The van der Waals surface area contributed by atoms with E-state index in [0.717, 1.165) is 32.7 Å². The molecule has 0 aliphatic carbocycles. The molecule has 4 heteroatoms. The maximum atomic E-state index is 6.02. The average Bonchev–Trinajstić information content (AvgIpc) is 2.48. The van der Waals surface area contributed by atoms with Crippen LogP contribution in [0.3, 0.4) is 0 Å². The van der Waals surface area contributed by atoms with Gasteiger partial charge in [-0.25, -0.2) is 0 Å². The minimum Gasteiger partial charge on any atom is -0.374 e. The molecule has 1 aliphatic heterocycles. The standard InChI is InChI=1S/C16H27N3O/c1-4-18-15(10-14-6-5-7-17-11-14)16-12-19(13(2)3)8-9-20-16/h5-7,11,13,15-16,18H,4,8-10,12H2,1-3H3. The number of likely N-dealkylation sites (N-methyl/N-ethyl adjacent to an activating group) is 1. The molecule has 1 aliphatic rings. The minimum absolute atomic E-state index is 0.256. The molecule has 0 amide bonds. The lowest BCUT2D eigenvalue weighted by atomic mass is 10.0. The third kappa shape index (κ3) is 4.27. The number of ether oxygens (including phenoxy) is 1. The van der Waals surface area contributed by atoms with Crippen molar-refractivity contribution < 1.29 is 4.74 Å². The van der Waals surface area contributed by atoms with Crippen LogP contribution in [0.4, 0.5) is 0 Å². The van der Waals surface area contributed by atoms with Crippen LogP contribution in [0.15, 0.2) is 24.5 Å². The van der Waals surface area contributed by atoms with Gasteiger partial charge in [0.1, 0.15) is 0 Å². The quantitative estimate of drug-likeness (QED) is 0.859. The van der Waals surface area contributed by atoms with E-state index < -0.39 is 0 Å². The molecule has 0 saturated carbocycles. The van der Waals surface area contributed by atoms with Crippen molar-refractivity contribution in [2.75, 3.05) is 26.2 Å². The summed E-state index contributed by atoms with van der Waals surface area (Å²) >= 11 is 0. The first-order chi connectivity index (χ1) is 9.70. The molecule has 1 N–H and O–H groups in total. The van der Waals surface area contributed by atoms with Crippen molar-refractivity contribution in [2.45, 2.75) is 45.4 Å². The second-order valence-corrected chi connectivity index (χ2v) is 5.73. The topological polar surface area (TPSA) is 37.4 Å². The van der Waals surface area contributed by atoms with Crippen molar-refractivity contribution in [1.82, 2.24) is 15.2 Å². The number of pyridine rings is 1. The molecule has 1 saturated heterocycles. The Hall–Kier alpha value is -0.970. The van der Waals surface area contributed by atoms with Crippen molar-refractivity contribution in [1.29, 1.82) is 0 Å². The molecule has 2 unspecified atom stereocenters. The molecule has 0 bridgehead atoms. The summed E-state index contributed by atoms with van der Waals surface area (Å²) in [5.41, 5.74) is 1.27. The van der Waals surface area contributed by atoms with E-state index in [2.05, 4.69) is 42.0 Å². The van der Waals surface area contributed by atoms with Crippen molar-refractivity contribution >= 4 is 0 Å². The van der Waals surface area contributed by atoms with E-state index in [1.165, 1.54) is 5.56 Å². The number of aromatic nitrogens is 1. The normalized spacial score (nSPS) is 22.1. The molecule has 0 radical (unpaired) electrons. The number of hydrogen-bond donors (Lipinski definition) is 1. The summed E-state index contributed by atoms with van der Waals surface area (Å²) in [7, 11) is 0. The van der Waals surface area contributed by atoms with Crippen LogP contribution < -0.4 is 5.32 Å². The van der Waals surface area contributed by atoms with Crippen molar-refractivity contribution in [2.24, 2.45) is 0 Å². The molecule has 2 rings (SSSR count). The summed E-state index contributed by atoms with van der Waals surface area (Å²) in [4.78, 5) is 6.71. The van der Waals surface area contributed by atoms with Gasteiger partial charge in [-0.05, 0) is 38.4 Å². The fourth-order valence-electron chi connectivity index (χ4n) is 2.78. The zero-order chi connectivity index (χ0) is 14.4. The predicted octanol–water partition coefficient (Wildman–Crippen LogP) is 1.71. The molecular weight excluding hydrogens is 250 g/mol. The molecule has 1 aromatic rings. The number of morpholine rings is 1. The Balaban J connectivity index is 2.00. The molecule has 4 nitrogen and oxygen atoms in total. The lowest BCUT2D eigenvalue weighted by Gasteiger charge is -2.39. The van der Waals surface area contributed by atoms with E-state index in [9.17, 15) is 0 Å². The fourth-order valence-corrected chi connectivity index (χ4v) is 2.78. The van der Waals surface area contributed by atoms with Crippen LogP contribution in [0.5, 0.6) is 0 Å². The highest BCUT2D eigenvalue weighted by Crippen LogP contribution is 2.15. The van der Waals surface area contributed by atoms with Crippen LogP contribution in [0.25, 0.3) is 0 Å². The van der Waals surface area contributed by atoms with Crippen LogP contribution in [0.2, 0.25) is 0 Å². The number of hydrogen-bond acceptors (Lipinski definition) is 4. The first kappa shape index (κ1) is 15.4. The van der Waals surface area contributed by atoms with Crippen molar-refractivity contribution in [3.05, 3.63) is 30.1 Å². The fraction of sp³-hybridized carbons (Fsp3) is 0.688. The molecule has 2 atom stereocenters. The van der Waals surface area contributed by atoms with Gasteiger partial charge in [0.2, 0.25) is 0 Å². The predicted molar refractivity (Wildman–Crippen MR) is 81.9 cm³/mol. The molecular formula is C16H27N3O. The largest absolute Gasteiger partial charge is 0.374 e. The number of nitrogens with one attached hydrogen (secondary N) is 1. The van der Waals surface area contributed by atoms with Crippen LogP contribution in [0.1, 0.15) is 26.3 Å². The van der Waals surface area contributed by atoms with Gasteiger partial charge in [0.25, 0.3) is 0 Å². The Morgan fingerprint density at radius 2 is 2.35 bits per heavy atom.